The Balaban J connectivity index is 3.02. The molecular formula is C16H17Cl2N3O5. The molecule has 2 amide bonds. The molecule has 1 aromatic rings. The zero-order valence-corrected chi connectivity index (χ0v) is 15.6. The molecule has 0 spiro atoms. The summed E-state index contributed by atoms with van der Waals surface area (Å²) in [6.45, 7) is 0.266. The second kappa shape index (κ2) is 9.87. The van der Waals surface area contributed by atoms with E-state index in [0.29, 0.717) is 6.61 Å². The number of nitrogens with zero attached hydrogens (tertiary/aromatic N) is 2. The minimum Gasteiger partial charge on any atom is -0.506 e. The Morgan fingerprint density at radius 2 is 1.92 bits per heavy atom. The lowest BCUT2D eigenvalue weighted by Crippen LogP contribution is -2.40. The van der Waals surface area contributed by atoms with Crippen molar-refractivity contribution < 1.29 is 24.5 Å². The van der Waals surface area contributed by atoms with Gasteiger partial charge in [0.2, 0.25) is 5.91 Å². The number of phenols is 1. The zero-order chi connectivity index (χ0) is 19.9. The van der Waals surface area contributed by atoms with Gasteiger partial charge in [0.05, 0.1) is 23.2 Å². The number of amides is 2. The number of benzene rings is 1. The summed E-state index contributed by atoms with van der Waals surface area (Å²) in [7, 11) is 2.79. The summed E-state index contributed by atoms with van der Waals surface area (Å²) in [4.78, 5) is 25.1. The van der Waals surface area contributed by atoms with Crippen molar-refractivity contribution >= 4 is 40.8 Å². The molecule has 0 fully saturated rings. The van der Waals surface area contributed by atoms with Crippen LogP contribution in [-0.4, -0.2) is 60.8 Å². The third kappa shape index (κ3) is 5.52. The fourth-order valence-corrected chi connectivity index (χ4v) is 2.36. The van der Waals surface area contributed by atoms with Gasteiger partial charge in [-0.3, -0.25) is 9.59 Å². The minimum absolute atomic E-state index is 0.0272. The largest absolute Gasteiger partial charge is 0.506 e. The van der Waals surface area contributed by atoms with Gasteiger partial charge in [0.15, 0.2) is 11.3 Å². The summed E-state index contributed by atoms with van der Waals surface area (Å²) in [6, 6.07) is 3.90. The number of hydrogen-bond acceptors (Lipinski definition) is 6. The monoisotopic (exact) mass is 401 g/mol. The van der Waals surface area contributed by atoms with E-state index in [-0.39, 0.29) is 34.4 Å². The van der Waals surface area contributed by atoms with Gasteiger partial charge in [-0.25, -0.2) is 0 Å². The number of carbonyl (C=O) groups is 2. The fraction of sp³-hybridized carbons (Fsp3) is 0.312. The van der Waals surface area contributed by atoms with Gasteiger partial charge in [0.25, 0.3) is 5.91 Å². The van der Waals surface area contributed by atoms with E-state index in [2.05, 4.69) is 5.32 Å². The molecule has 0 saturated heterocycles. The fourth-order valence-electron chi connectivity index (χ4n) is 1.88. The molecule has 140 valence electrons. The van der Waals surface area contributed by atoms with E-state index in [1.165, 1.54) is 14.2 Å². The molecule has 1 aromatic carbocycles. The number of rotatable bonds is 7. The van der Waals surface area contributed by atoms with E-state index in [9.17, 15) is 25.1 Å². The molecule has 10 heteroatoms. The van der Waals surface area contributed by atoms with E-state index >= 15 is 0 Å². The van der Waals surface area contributed by atoms with Crippen LogP contribution in [0, 0.1) is 11.3 Å². The summed E-state index contributed by atoms with van der Waals surface area (Å²) in [5.41, 5.74) is -0.629. The second-order valence-electron chi connectivity index (χ2n) is 5.13. The van der Waals surface area contributed by atoms with Gasteiger partial charge >= 0.3 is 0 Å². The Morgan fingerprint density at radius 3 is 2.42 bits per heavy atom. The average Bonchev–Trinajstić information content (AvgIpc) is 2.59. The maximum absolute atomic E-state index is 12.4. The van der Waals surface area contributed by atoms with Crippen LogP contribution in [0.2, 0.25) is 10.0 Å². The Morgan fingerprint density at radius 1 is 1.35 bits per heavy atom. The summed E-state index contributed by atoms with van der Waals surface area (Å²) in [5.74, 6) is -2.38. The number of aliphatic hydroxyl groups is 1. The molecule has 1 rings (SSSR count). The van der Waals surface area contributed by atoms with Gasteiger partial charge in [-0.2, -0.15) is 5.26 Å². The minimum atomic E-state index is -0.868. The first-order valence-electron chi connectivity index (χ1n) is 7.25. The number of likely N-dealkylation sites (N-methyl/N-ethyl adjacent to an activating group) is 1. The number of nitriles is 1. The van der Waals surface area contributed by atoms with Gasteiger partial charge in [0.1, 0.15) is 11.8 Å². The first kappa shape index (κ1) is 21.6. The predicted molar refractivity (Wildman–Crippen MR) is 95.8 cm³/mol. The van der Waals surface area contributed by atoms with Crippen molar-refractivity contribution in [3.8, 4) is 11.8 Å². The number of nitrogens with one attached hydrogen (secondary N) is 1. The normalized spacial score (nSPS) is 11.3. The quantitative estimate of drug-likeness (QED) is 0.276. The van der Waals surface area contributed by atoms with Crippen molar-refractivity contribution in [3.63, 3.8) is 0 Å². The van der Waals surface area contributed by atoms with Crippen LogP contribution in [0.5, 0.6) is 5.75 Å². The summed E-state index contributed by atoms with van der Waals surface area (Å²) >= 11 is 11.5. The van der Waals surface area contributed by atoms with Gasteiger partial charge in [-0.1, -0.05) is 23.2 Å². The van der Waals surface area contributed by atoms with Gasteiger partial charge in [0, 0.05) is 26.3 Å². The first-order chi connectivity index (χ1) is 12.2. The number of halogens is 2. The Bertz CT molecular complexity index is 751. The van der Waals surface area contributed by atoms with Crippen molar-refractivity contribution in [2.24, 2.45) is 0 Å². The lowest BCUT2D eigenvalue weighted by Gasteiger charge is -2.17. The number of phenolic OH excluding ortho intramolecular Hbond substituents is 1. The number of aromatic hydroxyl groups is 1. The zero-order valence-electron chi connectivity index (χ0n) is 14.0. The molecule has 0 atom stereocenters. The molecule has 8 nitrogen and oxygen atoms in total. The van der Waals surface area contributed by atoms with E-state index < -0.39 is 23.1 Å². The highest BCUT2D eigenvalue weighted by Crippen LogP contribution is 2.35. The smallest absolute Gasteiger partial charge is 0.268 e. The lowest BCUT2D eigenvalue weighted by molar-refractivity contribution is -0.131. The molecule has 0 aliphatic carbocycles. The molecule has 0 aliphatic rings. The highest BCUT2D eigenvalue weighted by atomic mass is 35.5. The maximum Gasteiger partial charge on any atom is 0.268 e. The maximum atomic E-state index is 12.4. The SMILES string of the molecule is COCCNC(=O)CN(C)C(=O)/C(C#N)=C(\O)c1cc(Cl)c(O)c(Cl)c1. The third-order valence-electron chi connectivity index (χ3n) is 3.21. The highest BCUT2D eigenvalue weighted by Gasteiger charge is 2.23. The van der Waals surface area contributed by atoms with Crippen molar-refractivity contribution in [1.29, 1.82) is 5.26 Å². The van der Waals surface area contributed by atoms with Crippen LogP contribution in [0.1, 0.15) is 5.56 Å². The molecule has 0 bridgehead atoms. The molecule has 0 saturated carbocycles. The first-order valence-corrected chi connectivity index (χ1v) is 8.01. The summed E-state index contributed by atoms with van der Waals surface area (Å²) < 4.78 is 4.79. The number of carbonyl (C=O) groups excluding carboxylic acids is 2. The van der Waals surface area contributed by atoms with Crippen LogP contribution in [0.3, 0.4) is 0 Å². The van der Waals surface area contributed by atoms with Crippen LogP contribution in [0.15, 0.2) is 17.7 Å². The molecule has 3 N–H and O–H groups in total. The highest BCUT2D eigenvalue weighted by molar-refractivity contribution is 6.37. The Labute approximate surface area is 160 Å². The van der Waals surface area contributed by atoms with E-state index in [0.717, 1.165) is 17.0 Å². The summed E-state index contributed by atoms with van der Waals surface area (Å²) in [5, 5.41) is 31.2. The second-order valence-corrected chi connectivity index (χ2v) is 5.94. The molecule has 0 unspecified atom stereocenters. The summed E-state index contributed by atoms with van der Waals surface area (Å²) in [6.07, 6.45) is 0. The number of ether oxygens (including phenoxy) is 1. The lowest BCUT2D eigenvalue weighted by atomic mass is 10.1. The van der Waals surface area contributed by atoms with Crippen LogP contribution in [-0.2, 0) is 14.3 Å². The third-order valence-corrected chi connectivity index (χ3v) is 3.78. The van der Waals surface area contributed by atoms with Gasteiger partial charge < -0.3 is 25.2 Å². The number of methoxy groups -OCH3 is 1. The van der Waals surface area contributed by atoms with Crippen molar-refractivity contribution in [2.75, 3.05) is 33.9 Å². The Kier molecular flexibility index (Phi) is 8.19. The average molecular weight is 402 g/mol. The number of hydrogen-bond donors (Lipinski definition) is 3. The van der Waals surface area contributed by atoms with E-state index in [4.69, 9.17) is 27.9 Å². The molecule has 0 aromatic heterocycles. The number of aliphatic hydroxyl groups excluding tert-OH is 1. The standard InChI is InChI=1S/C16H17Cl2N3O5/c1-21(8-13(22)20-3-4-26-2)16(25)10(7-19)14(23)9-5-11(17)15(24)12(18)6-9/h5-6,23-24H,3-4,8H2,1-2H3,(H,20,22)/b14-10-. The topological polar surface area (TPSA) is 123 Å². The van der Waals surface area contributed by atoms with Crippen LogP contribution in [0.25, 0.3) is 5.76 Å². The van der Waals surface area contributed by atoms with Crippen molar-refractivity contribution in [2.45, 2.75) is 0 Å². The van der Waals surface area contributed by atoms with Crippen LogP contribution >= 0.6 is 23.2 Å². The molecular weight excluding hydrogens is 385 g/mol. The van der Waals surface area contributed by atoms with E-state index in [1.807, 2.05) is 0 Å². The van der Waals surface area contributed by atoms with Crippen LogP contribution < -0.4 is 5.32 Å². The van der Waals surface area contributed by atoms with Gasteiger partial charge in [-0.15, -0.1) is 0 Å². The molecule has 26 heavy (non-hydrogen) atoms. The van der Waals surface area contributed by atoms with Crippen molar-refractivity contribution in [3.05, 3.63) is 33.3 Å². The van der Waals surface area contributed by atoms with Crippen LogP contribution in [0.4, 0.5) is 0 Å². The molecule has 0 heterocycles. The van der Waals surface area contributed by atoms with E-state index in [1.54, 1.807) is 6.07 Å². The molecule has 0 radical (unpaired) electrons. The predicted octanol–water partition coefficient (Wildman–Crippen LogP) is 1.71. The Hall–Kier alpha value is -2.47. The molecule has 0 aliphatic heterocycles. The van der Waals surface area contributed by atoms with Gasteiger partial charge in [-0.05, 0) is 12.1 Å². The van der Waals surface area contributed by atoms with Crippen molar-refractivity contribution in [1.82, 2.24) is 10.2 Å².